The Labute approximate surface area is 158 Å². The van der Waals surface area contributed by atoms with Crippen molar-refractivity contribution in [2.75, 3.05) is 6.54 Å². The molecule has 1 aromatic carbocycles. The van der Waals surface area contributed by atoms with E-state index in [1.54, 1.807) is 0 Å². The van der Waals surface area contributed by atoms with Gasteiger partial charge in [-0.05, 0) is 5.56 Å². The van der Waals surface area contributed by atoms with Crippen molar-refractivity contribution in [1.82, 2.24) is 14.7 Å². The normalized spacial score (nSPS) is 11.5. The SMILES string of the molecule is C#CCN(Cc1ccccc1[Si](C)(C)C)C(=O)c1c(C(F)F)nn(C)c1F. The van der Waals surface area contributed by atoms with Crippen LogP contribution in [0.15, 0.2) is 24.3 Å². The summed E-state index contributed by atoms with van der Waals surface area (Å²) in [6.07, 6.45) is 2.30. The molecule has 2 rings (SSSR count). The minimum atomic E-state index is -3.07. The largest absolute Gasteiger partial charge is 0.323 e. The molecule has 0 N–H and O–H groups in total. The highest BCUT2D eigenvalue weighted by molar-refractivity contribution is 6.89. The molecule has 27 heavy (non-hydrogen) atoms. The molecule has 4 nitrogen and oxygen atoms in total. The van der Waals surface area contributed by atoms with E-state index < -0.39 is 37.6 Å². The second kappa shape index (κ2) is 8.01. The van der Waals surface area contributed by atoms with Crippen molar-refractivity contribution in [2.45, 2.75) is 32.6 Å². The average Bonchev–Trinajstić information content (AvgIpc) is 2.89. The predicted molar refractivity (Wildman–Crippen MR) is 101 cm³/mol. The monoisotopic (exact) mass is 393 g/mol. The van der Waals surface area contributed by atoms with Gasteiger partial charge in [-0.3, -0.25) is 4.79 Å². The third-order valence-electron chi connectivity index (χ3n) is 4.18. The molecule has 0 radical (unpaired) electrons. The van der Waals surface area contributed by atoms with Crippen molar-refractivity contribution >= 4 is 19.2 Å². The lowest BCUT2D eigenvalue weighted by Crippen LogP contribution is -2.42. The third-order valence-corrected chi connectivity index (χ3v) is 6.28. The first-order valence-electron chi connectivity index (χ1n) is 8.39. The molecule has 1 amide bonds. The van der Waals surface area contributed by atoms with E-state index in [1.807, 2.05) is 24.3 Å². The second-order valence-corrected chi connectivity index (χ2v) is 12.3. The Hall–Kier alpha value is -2.53. The minimum Gasteiger partial charge on any atom is -0.323 e. The number of hydrogen-bond donors (Lipinski definition) is 0. The van der Waals surface area contributed by atoms with E-state index in [-0.39, 0.29) is 13.1 Å². The molecule has 0 aliphatic heterocycles. The second-order valence-electron chi connectivity index (χ2n) is 7.25. The van der Waals surface area contributed by atoms with Gasteiger partial charge in [0.1, 0.15) is 11.3 Å². The molecule has 1 heterocycles. The molecule has 0 spiro atoms. The molecule has 0 unspecified atom stereocenters. The Bertz CT molecular complexity index is 881. The van der Waals surface area contributed by atoms with E-state index in [9.17, 15) is 18.0 Å². The first-order valence-corrected chi connectivity index (χ1v) is 11.9. The van der Waals surface area contributed by atoms with Crippen LogP contribution in [0.1, 0.15) is 28.0 Å². The summed E-state index contributed by atoms with van der Waals surface area (Å²) in [6.45, 7) is 6.47. The summed E-state index contributed by atoms with van der Waals surface area (Å²) in [5.74, 6) is 0.360. The van der Waals surface area contributed by atoms with E-state index in [0.29, 0.717) is 4.68 Å². The molecule has 1 aromatic heterocycles. The van der Waals surface area contributed by atoms with Gasteiger partial charge in [0.15, 0.2) is 0 Å². The maximum absolute atomic E-state index is 14.3. The number of alkyl halides is 2. The zero-order valence-corrected chi connectivity index (χ0v) is 16.8. The summed E-state index contributed by atoms with van der Waals surface area (Å²) in [5.41, 5.74) is -0.725. The third kappa shape index (κ3) is 4.42. The zero-order chi connectivity index (χ0) is 20.4. The van der Waals surface area contributed by atoms with Crippen LogP contribution in [0.3, 0.4) is 0 Å². The van der Waals surface area contributed by atoms with Crippen LogP contribution >= 0.6 is 0 Å². The Balaban J connectivity index is 2.46. The summed E-state index contributed by atoms with van der Waals surface area (Å²) < 4.78 is 41.4. The summed E-state index contributed by atoms with van der Waals surface area (Å²) in [6, 6.07) is 7.63. The summed E-state index contributed by atoms with van der Waals surface area (Å²) in [7, 11) is -0.547. The fourth-order valence-corrected chi connectivity index (χ4v) is 4.66. The smallest absolute Gasteiger partial charge is 0.283 e. The number of carbonyl (C=O) groups excluding carboxylic acids is 1. The topological polar surface area (TPSA) is 38.1 Å². The Morgan fingerprint density at radius 2 is 1.96 bits per heavy atom. The molecule has 8 heteroatoms. The number of hydrogen-bond acceptors (Lipinski definition) is 2. The van der Waals surface area contributed by atoms with Gasteiger partial charge in [-0.2, -0.15) is 9.49 Å². The number of nitrogens with zero attached hydrogens (tertiary/aromatic N) is 3. The zero-order valence-electron chi connectivity index (χ0n) is 15.8. The highest BCUT2D eigenvalue weighted by atomic mass is 28.3. The fraction of sp³-hybridized carbons (Fsp3) is 0.368. The molecule has 0 aliphatic rings. The number of terminal acetylenes is 1. The highest BCUT2D eigenvalue weighted by Gasteiger charge is 2.32. The van der Waals surface area contributed by atoms with Gasteiger partial charge in [-0.1, -0.05) is 55.0 Å². The van der Waals surface area contributed by atoms with E-state index >= 15 is 0 Å². The summed E-state index contributed by atoms with van der Waals surface area (Å²) in [4.78, 5) is 14.1. The van der Waals surface area contributed by atoms with Crippen molar-refractivity contribution in [3.8, 4) is 12.3 Å². The molecule has 0 bridgehead atoms. The molecule has 0 aliphatic carbocycles. The van der Waals surface area contributed by atoms with Gasteiger partial charge in [0.2, 0.25) is 5.95 Å². The van der Waals surface area contributed by atoms with Gasteiger partial charge in [0, 0.05) is 13.6 Å². The number of carbonyl (C=O) groups is 1. The Morgan fingerprint density at radius 3 is 2.52 bits per heavy atom. The maximum atomic E-state index is 14.3. The van der Waals surface area contributed by atoms with Crippen LogP contribution in [-0.2, 0) is 13.6 Å². The van der Waals surface area contributed by atoms with Crippen molar-refractivity contribution < 1.29 is 18.0 Å². The number of aromatic nitrogens is 2. The molecule has 0 fully saturated rings. The van der Waals surface area contributed by atoms with Gasteiger partial charge < -0.3 is 4.90 Å². The van der Waals surface area contributed by atoms with Crippen molar-refractivity contribution in [2.24, 2.45) is 7.05 Å². The van der Waals surface area contributed by atoms with Crippen molar-refractivity contribution in [3.63, 3.8) is 0 Å². The van der Waals surface area contributed by atoms with E-state index in [4.69, 9.17) is 6.42 Å². The molecule has 144 valence electrons. The van der Waals surface area contributed by atoms with Gasteiger partial charge in [-0.25, -0.2) is 13.5 Å². The lowest BCUT2D eigenvalue weighted by molar-refractivity contribution is 0.0748. The molecule has 0 saturated carbocycles. The van der Waals surface area contributed by atoms with Crippen LogP contribution < -0.4 is 5.19 Å². The van der Waals surface area contributed by atoms with Crippen molar-refractivity contribution in [3.05, 3.63) is 47.0 Å². The lowest BCUT2D eigenvalue weighted by Gasteiger charge is -2.26. The Morgan fingerprint density at radius 1 is 1.33 bits per heavy atom. The maximum Gasteiger partial charge on any atom is 0.283 e. The van der Waals surface area contributed by atoms with Crippen LogP contribution in [0, 0.1) is 18.3 Å². The van der Waals surface area contributed by atoms with Gasteiger partial charge in [0.25, 0.3) is 12.3 Å². The molecular formula is C19H22F3N3OSi. The highest BCUT2D eigenvalue weighted by Crippen LogP contribution is 2.25. The standard InChI is InChI=1S/C19H22F3N3OSi/c1-6-11-25(12-13-9-7-8-10-14(13)27(3,4)5)19(26)15-16(17(20)21)23-24(2)18(15)22/h1,7-10,17H,11-12H2,2-5H3. The van der Waals surface area contributed by atoms with E-state index in [0.717, 1.165) is 10.8 Å². The molecule has 0 saturated heterocycles. The predicted octanol–water partition coefficient (Wildman–Crippen LogP) is 3.32. The lowest BCUT2D eigenvalue weighted by atomic mass is 10.1. The van der Waals surface area contributed by atoms with Crippen LogP contribution in [0.5, 0.6) is 0 Å². The first-order chi connectivity index (χ1) is 12.6. The Kier molecular flexibility index (Phi) is 6.16. The number of amides is 1. The van der Waals surface area contributed by atoms with Crippen LogP contribution in [-0.4, -0.2) is 35.2 Å². The van der Waals surface area contributed by atoms with Gasteiger partial charge in [-0.15, -0.1) is 6.42 Å². The van der Waals surface area contributed by atoms with Crippen LogP contribution in [0.4, 0.5) is 13.2 Å². The van der Waals surface area contributed by atoms with E-state index in [1.165, 1.54) is 11.9 Å². The summed E-state index contributed by atoms with van der Waals surface area (Å²) in [5, 5.41) is 4.56. The van der Waals surface area contributed by atoms with Crippen LogP contribution in [0.25, 0.3) is 0 Å². The van der Waals surface area contributed by atoms with Crippen LogP contribution in [0.2, 0.25) is 19.6 Å². The quantitative estimate of drug-likeness (QED) is 0.558. The number of rotatable bonds is 6. The first kappa shape index (κ1) is 20.8. The number of benzene rings is 1. The van der Waals surface area contributed by atoms with E-state index in [2.05, 4.69) is 30.7 Å². The molecular weight excluding hydrogens is 371 g/mol. The fourth-order valence-electron chi connectivity index (χ4n) is 2.94. The minimum absolute atomic E-state index is 0.112. The summed E-state index contributed by atoms with van der Waals surface area (Å²) >= 11 is 0. The molecule has 0 atom stereocenters. The van der Waals surface area contributed by atoms with Gasteiger partial charge in [0.05, 0.1) is 14.6 Å². The van der Waals surface area contributed by atoms with Gasteiger partial charge >= 0.3 is 0 Å². The number of aryl methyl sites for hydroxylation is 1. The van der Waals surface area contributed by atoms with Crippen molar-refractivity contribution in [1.29, 1.82) is 0 Å². The number of halogens is 3. The average molecular weight is 393 g/mol. The molecule has 2 aromatic rings.